The molecular weight excluding hydrogens is 532 g/mol. The number of hydrogen-bond donors (Lipinski definition) is 1. The van der Waals surface area contributed by atoms with Crippen molar-refractivity contribution in [1.29, 1.82) is 0 Å². The minimum absolute atomic E-state index is 0.0182. The van der Waals surface area contributed by atoms with Crippen LogP contribution in [-0.2, 0) is 14.3 Å². The second kappa shape index (κ2) is 35.4. The third kappa shape index (κ3) is 35.3. The maximum Gasteiger partial charge on any atom is 0.306 e. The van der Waals surface area contributed by atoms with Crippen molar-refractivity contribution in [3.63, 3.8) is 0 Å². The number of unbranched alkanes of at least 4 members (excludes halogenated alkanes) is 27. The second-order valence-corrected chi connectivity index (χ2v) is 13.5. The Hall–Kier alpha value is -1.06. The fraction of sp³-hybridized carbons (Fsp3) is 0.949. The maximum absolute atomic E-state index is 12.6. The number of carboxylic acids is 1. The molecule has 256 valence electrons. The van der Waals surface area contributed by atoms with E-state index < -0.39 is 5.97 Å². The number of carbonyl (C=O) groups is 2. The Bertz CT molecular complexity index is 576. The van der Waals surface area contributed by atoms with Crippen molar-refractivity contribution >= 4 is 11.9 Å². The third-order valence-corrected chi connectivity index (χ3v) is 9.08. The summed E-state index contributed by atoms with van der Waals surface area (Å²) in [6.45, 7) is 4.56. The highest BCUT2D eigenvalue weighted by atomic mass is 16.5. The minimum Gasteiger partial charge on any atom is -0.481 e. The van der Waals surface area contributed by atoms with Crippen LogP contribution in [0, 0.1) is 0 Å². The standard InChI is InChI=1S/C39H76O4/c1-3-5-7-9-11-13-15-16-17-18-20-22-28-32-36-39(42)43-37(34-30-26-23-24-27-31-35-38(40)41)33-29-25-21-19-14-12-10-8-6-4-2/h37H,3-36H2,1-2H3,(H,40,41). The molecule has 0 aliphatic heterocycles. The summed E-state index contributed by atoms with van der Waals surface area (Å²) in [6.07, 6.45) is 41.2. The van der Waals surface area contributed by atoms with Gasteiger partial charge >= 0.3 is 11.9 Å². The average molecular weight is 609 g/mol. The average Bonchev–Trinajstić information content (AvgIpc) is 2.99. The highest BCUT2D eigenvalue weighted by Gasteiger charge is 2.14. The van der Waals surface area contributed by atoms with Crippen LogP contribution in [0.5, 0.6) is 0 Å². The molecule has 1 atom stereocenters. The van der Waals surface area contributed by atoms with E-state index in [0.717, 1.165) is 64.2 Å². The van der Waals surface area contributed by atoms with E-state index >= 15 is 0 Å². The van der Waals surface area contributed by atoms with Crippen molar-refractivity contribution in [2.45, 2.75) is 238 Å². The van der Waals surface area contributed by atoms with Gasteiger partial charge in [-0.25, -0.2) is 0 Å². The number of carboxylic acid groups (broad SMARTS) is 1. The van der Waals surface area contributed by atoms with E-state index in [9.17, 15) is 9.59 Å². The molecule has 0 aromatic carbocycles. The Morgan fingerprint density at radius 2 is 0.698 bits per heavy atom. The lowest BCUT2D eigenvalue weighted by Crippen LogP contribution is -2.18. The predicted octanol–water partition coefficient (Wildman–Crippen LogP) is 13.3. The number of ether oxygens (including phenoxy) is 1. The Morgan fingerprint density at radius 3 is 1.02 bits per heavy atom. The molecule has 0 bridgehead atoms. The van der Waals surface area contributed by atoms with Gasteiger partial charge in [-0.1, -0.05) is 181 Å². The van der Waals surface area contributed by atoms with E-state index in [0.29, 0.717) is 6.42 Å². The van der Waals surface area contributed by atoms with Gasteiger partial charge in [-0.2, -0.15) is 0 Å². The van der Waals surface area contributed by atoms with Gasteiger partial charge in [-0.15, -0.1) is 0 Å². The van der Waals surface area contributed by atoms with Gasteiger partial charge in [0.1, 0.15) is 6.10 Å². The number of hydrogen-bond acceptors (Lipinski definition) is 3. The molecule has 0 saturated carbocycles. The molecule has 0 aliphatic rings. The molecule has 43 heavy (non-hydrogen) atoms. The van der Waals surface area contributed by atoms with Gasteiger partial charge in [-0.05, 0) is 38.5 Å². The molecule has 0 radical (unpaired) electrons. The fourth-order valence-corrected chi connectivity index (χ4v) is 6.19. The quantitative estimate of drug-likeness (QED) is 0.0567. The molecule has 0 spiro atoms. The molecule has 0 aromatic rings. The Morgan fingerprint density at radius 1 is 0.419 bits per heavy atom. The van der Waals surface area contributed by atoms with Gasteiger partial charge in [0.25, 0.3) is 0 Å². The predicted molar refractivity (Wildman–Crippen MR) is 186 cm³/mol. The van der Waals surface area contributed by atoms with E-state index in [1.54, 1.807) is 0 Å². The summed E-state index contributed by atoms with van der Waals surface area (Å²) in [5.41, 5.74) is 0. The van der Waals surface area contributed by atoms with Crippen LogP contribution in [-0.4, -0.2) is 23.1 Å². The molecule has 0 amide bonds. The summed E-state index contributed by atoms with van der Waals surface area (Å²) < 4.78 is 6.01. The van der Waals surface area contributed by atoms with Gasteiger partial charge in [0, 0.05) is 12.8 Å². The Balaban J connectivity index is 3.99. The zero-order chi connectivity index (χ0) is 31.5. The van der Waals surface area contributed by atoms with Crippen LogP contribution in [0.3, 0.4) is 0 Å². The van der Waals surface area contributed by atoms with Crippen molar-refractivity contribution in [3.05, 3.63) is 0 Å². The summed E-state index contributed by atoms with van der Waals surface area (Å²) in [5, 5.41) is 8.78. The molecule has 1 N–H and O–H groups in total. The van der Waals surface area contributed by atoms with Crippen molar-refractivity contribution in [2.24, 2.45) is 0 Å². The normalized spacial score (nSPS) is 12.0. The maximum atomic E-state index is 12.6. The number of aliphatic carboxylic acids is 1. The molecule has 0 rings (SSSR count). The van der Waals surface area contributed by atoms with E-state index in [4.69, 9.17) is 9.84 Å². The van der Waals surface area contributed by atoms with Crippen LogP contribution in [0.4, 0.5) is 0 Å². The summed E-state index contributed by atoms with van der Waals surface area (Å²) >= 11 is 0. The molecule has 0 aromatic heterocycles. The fourth-order valence-electron chi connectivity index (χ4n) is 6.19. The van der Waals surface area contributed by atoms with Crippen LogP contribution in [0.15, 0.2) is 0 Å². The molecule has 0 aliphatic carbocycles. The van der Waals surface area contributed by atoms with Gasteiger partial charge in [-0.3, -0.25) is 9.59 Å². The first kappa shape index (κ1) is 41.9. The lowest BCUT2D eigenvalue weighted by Gasteiger charge is -2.18. The smallest absolute Gasteiger partial charge is 0.306 e. The first-order valence-electron chi connectivity index (χ1n) is 19.5. The van der Waals surface area contributed by atoms with Gasteiger partial charge < -0.3 is 9.84 Å². The van der Waals surface area contributed by atoms with Gasteiger partial charge in [0.2, 0.25) is 0 Å². The third-order valence-electron chi connectivity index (χ3n) is 9.08. The van der Waals surface area contributed by atoms with Crippen molar-refractivity contribution in [2.75, 3.05) is 0 Å². The highest BCUT2D eigenvalue weighted by Crippen LogP contribution is 2.19. The van der Waals surface area contributed by atoms with E-state index in [1.807, 2.05) is 0 Å². The molecule has 0 saturated heterocycles. The molecule has 1 unspecified atom stereocenters. The van der Waals surface area contributed by atoms with Crippen LogP contribution >= 0.6 is 0 Å². The first-order valence-corrected chi connectivity index (χ1v) is 19.5. The van der Waals surface area contributed by atoms with Crippen molar-refractivity contribution in [1.82, 2.24) is 0 Å². The first-order chi connectivity index (χ1) is 21.1. The summed E-state index contributed by atoms with van der Waals surface area (Å²) in [6, 6.07) is 0. The molecule has 4 heteroatoms. The van der Waals surface area contributed by atoms with E-state index in [1.165, 1.54) is 141 Å². The Kier molecular flexibility index (Phi) is 34.5. The molecular formula is C39H76O4. The van der Waals surface area contributed by atoms with Gasteiger partial charge in [0.05, 0.1) is 0 Å². The molecule has 4 nitrogen and oxygen atoms in total. The van der Waals surface area contributed by atoms with Crippen LogP contribution in [0.1, 0.15) is 232 Å². The highest BCUT2D eigenvalue weighted by molar-refractivity contribution is 5.69. The number of esters is 1. The SMILES string of the molecule is CCCCCCCCCCCCCCCCC(=O)OC(CCCCCCCCCCCC)CCCCCCCCC(=O)O. The lowest BCUT2D eigenvalue weighted by molar-refractivity contribution is -0.150. The van der Waals surface area contributed by atoms with Crippen LogP contribution in [0.2, 0.25) is 0 Å². The zero-order valence-electron chi connectivity index (χ0n) is 29.3. The number of rotatable bonds is 36. The van der Waals surface area contributed by atoms with E-state index in [-0.39, 0.29) is 18.5 Å². The minimum atomic E-state index is -0.689. The second-order valence-electron chi connectivity index (χ2n) is 13.5. The summed E-state index contributed by atoms with van der Waals surface area (Å²) in [5.74, 6) is -0.671. The van der Waals surface area contributed by atoms with Crippen molar-refractivity contribution in [3.8, 4) is 0 Å². The zero-order valence-corrected chi connectivity index (χ0v) is 29.3. The van der Waals surface area contributed by atoms with Crippen LogP contribution in [0.25, 0.3) is 0 Å². The Labute approximate surface area is 269 Å². The molecule has 0 fully saturated rings. The topological polar surface area (TPSA) is 63.6 Å². The lowest BCUT2D eigenvalue weighted by atomic mass is 10.0. The largest absolute Gasteiger partial charge is 0.481 e. The van der Waals surface area contributed by atoms with Gasteiger partial charge in [0.15, 0.2) is 0 Å². The van der Waals surface area contributed by atoms with E-state index in [2.05, 4.69) is 13.8 Å². The summed E-state index contributed by atoms with van der Waals surface area (Å²) in [7, 11) is 0. The number of carbonyl (C=O) groups excluding carboxylic acids is 1. The monoisotopic (exact) mass is 609 g/mol. The summed E-state index contributed by atoms with van der Waals surface area (Å²) in [4.78, 5) is 23.3. The van der Waals surface area contributed by atoms with Crippen molar-refractivity contribution < 1.29 is 19.4 Å². The van der Waals surface area contributed by atoms with Crippen LogP contribution < -0.4 is 0 Å². The molecule has 0 heterocycles.